The van der Waals surface area contributed by atoms with Gasteiger partial charge in [-0.2, -0.15) is 0 Å². The molecule has 0 saturated carbocycles. The minimum atomic E-state index is 0.126. The molecule has 0 N–H and O–H groups in total. The summed E-state index contributed by atoms with van der Waals surface area (Å²) in [5.74, 6) is 0.126. The molecule has 2 aromatic rings. The van der Waals surface area contributed by atoms with Gasteiger partial charge < -0.3 is 9.80 Å². The molecule has 0 unspecified atom stereocenters. The maximum Gasteiger partial charge on any atom is 0.257 e. The van der Waals surface area contributed by atoms with E-state index in [4.69, 9.17) is 0 Å². The van der Waals surface area contributed by atoms with Crippen LogP contribution in [-0.2, 0) is 13.0 Å². The first-order chi connectivity index (χ1) is 9.75. The van der Waals surface area contributed by atoms with Crippen LogP contribution >= 0.6 is 0 Å². The molecule has 0 aliphatic carbocycles. The molecule has 0 spiro atoms. The van der Waals surface area contributed by atoms with Crippen molar-refractivity contribution in [2.24, 2.45) is 0 Å². The lowest BCUT2D eigenvalue weighted by molar-refractivity contribution is 0.0700. The number of benzene rings is 2. The second kappa shape index (κ2) is 4.10. The molecule has 0 bridgehead atoms. The number of anilines is 1. The fourth-order valence-electron chi connectivity index (χ4n) is 3.33. The van der Waals surface area contributed by atoms with Gasteiger partial charge in [-0.25, -0.2) is 0 Å². The maximum atomic E-state index is 12.5. The summed E-state index contributed by atoms with van der Waals surface area (Å²) in [7, 11) is 1.91. The highest BCUT2D eigenvalue weighted by Gasteiger charge is 2.37. The lowest BCUT2D eigenvalue weighted by Crippen LogP contribution is -2.56. The van der Waals surface area contributed by atoms with Crippen LogP contribution in [0.15, 0.2) is 48.5 Å². The van der Waals surface area contributed by atoms with Crippen molar-refractivity contribution < 1.29 is 4.79 Å². The van der Waals surface area contributed by atoms with E-state index in [0.717, 1.165) is 24.2 Å². The van der Waals surface area contributed by atoms with Crippen molar-refractivity contribution >= 4 is 11.6 Å². The lowest BCUT2D eigenvalue weighted by Gasteiger charge is -2.47. The predicted molar refractivity (Wildman–Crippen MR) is 78.7 cm³/mol. The molecule has 4 rings (SSSR count). The minimum Gasteiger partial charge on any atom is -0.346 e. The number of rotatable bonds is 0. The van der Waals surface area contributed by atoms with Crippen molar-refractivity contribution in [3.05, 3.63) is 65.2 Å². The molecule has 0 fully saturated rings. The summed E-state index contributed by atoms with van der Waals surface area (Å²) in [5, 5.41) is 0. The van der Waals surface area contributed by atoms with Gasteiger partial charge in [-0.3, -0.25) is 4.79 Å². The van der Waals surface area contributed by atoms with Crippen molar-refractivity contribution in [1.29, 1.82) is 0 Å². The van der Waals surface area contributed by atoms with Gasteiger partial charge in [0.1, 0.15) is 6.17 Å². The normalized spacial score (nSPS) is 20.2. The average Bonchev–Trinajstić information content (AvgIpc) is 2.51. The standard InChI is InChI=1S/C17H16N2O/c1-18-16-10-12-6-2-3-7-13(12)11-19(16)15-9-5-4-8-14(15)17(18)20/h2-9,16H,10-11H2,1H3/t16-/m0/s1. The Hall–Kier alpha value is -2.29. The number of para-hydroxylation sites is 1. The van der Waals surface area contributed by atoms with Crippen molar-refractivity contribution in [3.8, 4) is 0 Å². The highest BCUT2D eigenvalue weighted by molar-refractivity contribution is 6.01. The fraction of sp³-hybridized carbons (Fsp3) is 0.235. The summed E-state index contributed by atoms with van der Waals surface area (Å²) in [6.07, 6.45) is 1.03. The summed E-state index contributed by atoms with van der Waals surface area (Å²) in [6.45, 7) is 0.871. The molecule has 2 heterocycles. The maximum absolute atomic E-state index is 12.5. The molecule has 1 atom stereocenters. The quantitative estimate of drug-likeness (QED) is 0.730. The van der Waals surface area contributed by atoms with Gasteiger partial charge in [0.05, 0.1) is 11.3 Å². The molecule has 2 aliphatic rings. The minimum absolute atomic E-state index is 0.126. The SMILES string of the molecule is CN1C(=O)c2ccccc2N2Cc3ccccc3C[C@@H]12. The third kappa shape index (κ3) is 1.49. The van der Waals surface area contributed by atoms with Gasteiger partial charge in [-0.15, -0.1) is 0 Å². The van der Waals surface area contributed by atoms with Gasteiger partial charge in [-0.05, 0) is 23.3 Å². The number of carbonyl (C=O) groups is 1. The summed E-state index contributed by atoms with van der Waals surface area (Å²) in [4.78, 5) is 16.7. The number of hydrogen-bond donors (Lipinski definition) is 0. The molecule has 100 valence electrons. The smallest absolute Gasteiger partial charge is 0.257 e. The van der Waals surface area contributed by atoms with E-state index in [0.29, 0.717) is 0 Å². The zero-order valence-electron chi connectivity index (χ0n) is 11.4. The Morgan fingerprint density at radius 1 is 1.00 bits per heavy atom. The zero-order chi connectivity index (χ0) is 13.7. The van der Waals surface area contributed by atoms with E-state index in [1.165, 1.54) is 11.1 Å². The van der Waals surface area contributed by atoms with E-state index in [1.807, 2.05) is 30.1 Å². The fourth-order valence-corrected chi connectivity index (χ4v) is 3.33. The van der Waals surface area contributed by atoms with E-state index in [9.17, 15) is 4.79 Å². The number of fused-ring (bicyclic) bond motifs is 4. The number of hydrogen-bond acceptors (Lipinski definition) is 2. The summed E-state index contributed by atoms with van der Waals surface area (Å²) in [5.41, 5.74) is 4.59. The molecular weight excluding hydrogens is 248 g/mol. The Balaban J connectivity index is 1.86. The molecule has 0 aromatic heterocycles. The molecule has 1 amide bonds. The van der Waals surface area contributed by atoms with Crippen LogP contribution in [0.1, 0.15) is 21.5 Å². The van der Waals surface area contributed by atoms with Gasteiger partial charge in [0, 0.05) is 20.0 Å². The zero-order valence-corrected chi connectivity index (χ0v) is 11.4. The van der Waals surface area contributed by atoms with Crippen LogP contribution in [0.3, 0.4) is 0 Å². The van der Waals surface area contributed by atoms with Crippen LogP contribution in [0.2, 0.25) is 0 Å². The molecule has 0 saturated heterocycles. The first kappa shape index (κ1) is 11.5. The van der Waals surface area contributed by atoms with E-state index in [-0.39, 0.29) is 12.1 Å². The highest BCUT2D eigenvalue weighted by Crippen LogP contribution is 2.36. The topological polar surface area (TPSA) is 23.6 Å². The van der Waals surface area contributed by atoms with Crippen LogP contribution in [0.25, 0.3) is 0 Å². The Morgan fingerprint density at radius 2 is 1.70 bits per heavy atom. The third-order valence-corrected chi connectivity index (χ3v) is 4.43. The third-order valence-electron chi connectivity index (χ3n) is 4.43. The number of amides is 1. The van der Waals surface area contributed by atoms with Crippen molar-refractivity contribution in [2.45, 2.75) is 19.1 Å². The molecule has 2 aromatic carbocycles. The van der Waals surface area contributed by atoms with E-state index in [2.05, 4.69) is 35.2 Å². The molecule has 20 heavy (non-hydrogen) atoms. The Labute approximate surface area is 118 Å². The Bertz CT molecular complexity index is 695. The first-order valence-corrected chi connectivity index (χ1v) is 6.95. The van der Waals surface area contributed by atoms with Crippen molar-refractivity contribution in [3.63, 3.8) is 0 Å². The van der Waals surface area contributed by atoms with Gasteiger partial charge in [-0.1, -0.05) is 36.4 Å². The Kier molecular flexibility index (Phi) is 2.36. The van der Waals surface area contributed by atoms with E-state index < -0.39 is 0 Å². The monoisotopic (exact) mass is 264 g/mol. The molecule has 0 radical (unpaired) electrons. The lowest BCUT2D eigenvalue weighted by atomic mass is 9.93. The molecule has 2 aliphatic heterocycles. The van der Waals surface area contributed by atoms with Crippen LogP contribution in [-0.4, -0.2) is 24.0 Å². The predicted octanol–water partition coefficient (Wildman–Crippen LogP) is 2.66. The van der Waals surface area contributed by atoms with E-state index in [1.54, 1.807) is 0 Å². The second-order valence-corrected chi connectivity index (χ2v) is 5.51. The van der Waals surface area contributed by atoms with Gasteiger partial charge in [0.25, 0.3) is 5.91 Å². The largest absolute Gasteiger partial charge is 0.346 e. The number of likely N-dealkylation sites (N-methyl/N-ethyl adjacent to an activating group) is 1. The average molecular weight is 264 g/mol. The Morgan fingerprint density at radius 3 is 2.55 bits per heavy atom. The highest BCUT2D eigenvalue weighted by atomic mass is 16.2. The van der Waals surface area contributed by atoms with Crippen molar-refractivity contribution in [1.82, 2.24) is 4.90 Å². The second-order valence-electron chi connectivity index (χ2n) is 5.51. The van der Waals surface area contributed by atoms with Gasteiger partial charge >= 0.3 is 0 Å². The van der Waals surface area contributed by atoms with Crippen LogP contribution in [0, 0.1) is 0 Å². The first-order valence-electron chi connectivity index (χ1n) is 6.95. The molecule has 3 heteroatoms. The van der Waals surface area contributed by atoms with Crippen LogP contribution < -0.4 is 4.90 Å². The van der Waals surface area contributed by atoms with Gasteiger partial charge in [0.15, 0.2) is 0 Å². The van der Waals surface area contributed by atoms with Crippen molar-refractivity contribution in [2.75, 3.05) is 11.9 Å². The summed E-state index contributed by atoms with van der Waals surface area (Å²) in [6, 6.07) is 16.4. The number of nitrogens with zero attached hydrogens (tertiary/aromatic N) is 2. The molecular formula is C17H16N2O. The van der Waals surface area contributed by atoms with E-state index >= 15 is 0 Å². The van der Waals surface area contributed by atoms with Gasteiger partial charge in [0.2, 0.25) is 0 Å². The molecule has 3 nitrogen and oxygen atoms in total. The number of carbonyl (C=O) groups excluding carboxylic acids is 1. The summed E-state index contributed by atoms with van der Waals surface area (Å²) < 4.78 is 0. The summed E-state index contributed by atoms with van der Waals surface area (Å²) >= 11 is 0. The van der Waals surface area contributed by atoms with Crippen LogP contribution in [0.4, 0.5) is 5.69 Å². The van der Waals surface area contributed by atoms with Crippen LogP contribution in [0.5, 0.6) is 0 Å².